The van der Waals surface area contributed by atoms with E-state index in [0.717, 1.165) is 56.2 Å². The van der Waals surface area contributed by atoms with Crippen molar-refractivity contribution in [2.24, 2.45) is 0 Å². The number of pyridine rings is 1. The zero-order chi connectivity index (χ0) is 17.1. The van der Waals surface area contributed by atoms with Crippen molar-refractivity contribution in [1.29, 1.82) is 0 Å². The van der Waals surface area contributed by atoms with Crippen molar-refractivity contribution in [3.05, 3.63) is 46.0 Å². The van der Waals surface area contributed by atoms with E-state index >= 15 is 0 Å². The van der Waals surface area contributed by atoms with Crippen molar-refractivity contribution >= 4 is 5.65 Å². The van der Waals surface area contributed by atoms with Crippen molar-refractivity contribution in [2.75, 3.05) is 39.9 Å². The average Bonchev–Trinajstić information content (AvgIpc) is 2.55. The average molecular weight is 330 g/mol. The minimum Gasteiger partial charge on any atom is -0.383 e. The Morgan fingerprint density at radius 1 is 1.38 bits per heavy atom. The van der Waals surface area contributed by atoms with Crippen LogP contribution in [0.5, 0.6) is 0 Å². The monoisotopic (exact) mass is 330 g/mol. The minimum atomic E-state index is -0.00882. The highest BCUT2D eigenvalue weighted by Crippen LogP contribution is 2.13. The Morgan fingerprint density at radius 2 is 2.21 bits per heavy atom. The number of aryl methyl sites for hydroxylation is 1. The maximum Gasteiger partial charge on any atom is 0.258 e. The first-order valence-electron chi connectivity index (χ1n) is 8.51. The first kappa shape index (κ1) is 17.1. The van der Waals surface area contributed by atoms with Crippen LogP contribution >= 0.6 is 0 Å². The van der Waals surface area contributed by atoms with Gasteiger partial charge in [-0.1, -0.05) is 6.07 Å². The smallest absolute Gasteiger partial charge is 0.258 e. The van der Waals surface area contributed by atoms with Crippen molar-refractivity contribution < 1.29 is 4.74 Å². The van der Waals surface area contributed by atoms with Crippen molar-refractivity contribution in [1.82, 2.24) is 19.2 Å². The van der Waals surface area contributed by atoms with Crippen LogP contribution < -0.4 is 5.56 Å². The largest absolute Gasteiger partial charge is 0.383 e. The number of nitrogens with zero attached hydrogens (tertiary/aromatic N) is 4. The topological polar surface area (TPSA) is 50.1 Å². The standard InChI is InChI=1S/C18H26N4O2/c1-14-5-4-6-22-17(23)11-16(19-18(14)22)13-20-7-8-21(9-10-24-3)15(2)12-20/h4-6,11,15H,7-10,12-13H2,1-3H3. The Hall–Kier alpha value is -1.76. The van der Waals surface area contributed by atoms with E-state index < -0.39 is 0 Å². The third kappa shape index (κ3) is 3.66. The number of rotatable bonds is 5. The fourth-order valence-electron chi connectivity index (χ4n) is 3.37. The summed E-state index contributed by atoms with van der Waals surface area (Å²) in [5.41, 5.74) is 2.62. The molecule has 1 atom stereocenters. The van der Waals surface area contributed by atoms with Gasteiger partial charge in [0, 0.05) is 58.1 Å². The van der Waals surface area contributed by atoms with Crippen LogP contribution in [0.25, 0.3) is 5.65 Å². The molecule has 0 bridgehead atoms. The summed E-state index contributed by atoms with van der Waals surface area (Å²) in [6.45, 7) is 9.70. The molecule has 130 valence electrons. The quantitative estimate of drug-likeness (QED) is 0.823. The molecular weight excluding hydrogens is 304 g/mol. The molecule has 0 saturated carbocycles. The normalized spacial score (nSPS) is 19.9. The molecule has 6 nitrogen and oxygen atoms in total. The number of fused-ring (bicyclic) bond motifs is 1. The molecule has 2 aromatic heterocycles. The van der Waals surface area contributed by atoms with E-state index in [4.69, 9.17) is 9.72 Å². The molecule has 6 heteroatoms. The van der Waals surface area contributed by atoms with Gasteiger partial charge in [0.15, 0.2) is 0 Å². The summed E-state index contributed by atoms with van der Waals surface area (Å²) in [6.07, 6.45) is 1.78. The van der Waals surface area contributed by atoms with Gasteiger partial charge >= 0.3 is 0 Å². The number of ether oxygens (including phenoxy) is 1. The van der Waals surface area contributed by atoms with Crippen LogP contribution in [0.3, 0.4) is 0 Å². The van der Waals surface area contributed by atoms with Gasteiger partial charge in [-0.15, -0.1) is 0 Å². The summed E-state index contributed by atoms with van der Waals surface area (Å²) in [5.74, 6) is 0. The second-order valence-corrected chi connectivity index (χ2v) is 6.58. The molecule has 3 heterocycles. The lowest BCUT2D eigenvalue weighted by atomic mass is 10.2. The SMILES string of the molecule is COCCN1CCN(Cc2cc(=O)n3cccc(C)c3n2)CC1C. The van der Waals surface area contributed by atoms with Crippen LogP contribution in [-0.4, -0.2) is 65.1 Å². The maximum atomic E-state index is 12.3. The van der Waals surface area contributed by atoms with Crippen LogP contribution in [0.2, 0.25) is 0 Å². The summed E-state index contributed by atoms with van der Waals surface area (Å²) in [7, 11) is 1.74. The van der Waals surface area contributed by atoms with Crippen LogP contribution in [0.1, 0.15) is 18.2 Å². The van der Waals surface area contributed by atoms with E-state index in [1.165, 1.54) is 0 Å². The lowest BCUT2D eigenvalue weighted by Gasteiger charge is -2.39. The Kier molecular flexibility index (Phi) is 5.28. The van der Waals surface area contributed by atoms with Gasteiger partial charge in [-0.05, 0) is 25.5 Å². The molecule has 0 aliphatic carbocycles. The van der Waals surface area contributed by atoms with Gasteiger partial charge in [-0.25, -0.2) is 4.98 Å². The molecule has 0 spiro atoms. The Morgan fingerprint density at radius 3 is 2.96 bits per heavy atom. The molecule has 0 radical (unpaired) electrons. The van der Waals surface area contributed by atoms with Gasteiger partial charge in [-0.3, -0.25) is 19.0 Å². The Labute approximate surface area is 142 Å². The van der Waals surface area contributed by atoms with E-state index in [-0.39, 0.29) is 5.56 Å². The molecule has 1 aliphatic heterocycles. The zero-order valence-corrected chi connectivity index (χ0v) is 14.7. The van der Waals surface area contributed by atoms with Crippen molar-refractivity contribution in [2.45, 2.75) is 26.4 Å². The number of aromatic nitrogens is 2. The highest BCUT2D eigenvalue weighted by atomic mass is 16.5. The molecule has 3 rings (SSSR count). The molecular formula is C18H26N4O2. The molecule has 0 aromatic carbocycles. The molecule has 1 aliphatic rings. The molecule has 0 N–H and O–H groups in total. The molecule has 24 heavy (non-hydrogen) atoms. The predicted octanol–water partition coefficient (Wildman–Crippen LogP) is 1.16. The van der Waals surface area contributed by atoms with Crippen LogP contribution in [0, 0.1) is 6.92 Å². The number of methoxy groups -OCH3 is 1. The highest BCUT2D eigenvalue weighted by Gasteiger charge is 2.23. The fourth-order valence-corrected chi connectivity index (χ4v) is 3.37. The van der Waals surface area contributed by atoms with Gasteiger partial charge in [0.2, 0.25) is 0 Å². The second-order valence-electron chi connectivity index (χ2n) is 6.58. The molecule has 1 saturated heterocycles. The number of hydrogen-bond donors (Lipinski definition) is 0. The second kappa shape index (κ2) is 7.42. The van der Waals surface area contributed by atoms with Gasteiger partial charge < -0.3 is 4.74 Å². The zero-order valence-electron chi connectivity index (χ0n) is 14.7. The summed E-state index contributed by atoms with van der Waals surface area (Å²) in [5, 5.41) is 0. The lowest BCUT2D eigenvalue weighted by Crippen LogP contribution is -2.52. The number of hydrogen-bond acceptors (Lipinski definition) is 5. The van der Waals surface area contributed by atoms with E-state index in [9.17, 15) is 4.79 Å². The Balaban J connectivity index is 1.72. The summed E-state index contributed by atoms with van der Waals surface area (Å²) < 4.78 is 6.79. The van der Waals surface area contributed by atoms with Crippen LogP contribution in [0.4, 0.5) is 0 Å². The summed E-state index contributed by atoms with van der Waals surface area (Å²) in [6, 6.07) is 6.01. The van der Waals surface area contributed by atoms with E-state index in [0.29, 0.717) is 6.04 Å². The van der Waals surface area contributed by atoms with Gasteiger partial charge in [0.1, 0.15) is 5.65 Å². The molecule has 1 unspecified atom stereocenters. The van der Waals surface area contributed by atoms with Gasteiger partial charge in [0.05, 0.1) is 12.3 Å². The third-order valence-electron chi connectivity index (χ3n) is 4.76. The number of piperazine rings is 1. The summed E-state index contributed by atoms with van der Waals surface area (Å²) >= 11 is 0. The summed E-state index contributed by atoms with van der Waals surface area (Å²) in [4.78, 5) is 21.9. The van der Waals surface area contributed by atoms with E-state index in [1.54, 1.807) is 23.8 Å². The predicted molar refractivity (Wildman–Crippen MR) is 94.4 cm³/mol. The van der Waals surface area contributed by atoms with Gasteiger partial charge in [-0.2, -0.15) is 0 Å². The van der Waals surface area contributed by atoms with E-state index in [2.05, 4.69) is 16.7 Å². The van der Waals surface area contributed by atoms with Crippen molar-refractivity contribution in [3.63, 3.8) is 0 Å². The fraction of sp³-hybridized carbons (Fsp3) is 0.556. The van der Waals surface area contributed by atoms with Crippen LogP contribution in [0.15, 0.2) is 29.2 Å². The van der Waals surface area contributed by atoms with E-state index in [1.807, 2.05) is 19.1 Å². The minimum absolute atomic E-state index is 0.00882. The first-order chi connectivity index (χ1) is 11.6. The lowest BCUT2D eigenvalue weighted by molar-refractivity contribution is 0.0552. The molecule has 2 aromatic rings. The van der Waals surface area contributed by atoms with Gasteiger partial charge in [0.25, 0.3) is 5.56 Å². The third-order valence-corrected chi connectivity index (χ3v) is 4.76. The van der Waals surface area contributed by atoms with Crippen molar-refractivity contribution in [3.8, 4) is 0 Å². The van der Waals surface area contributed by atoms with Crippen LogP contribution in [-0.2, 0) is 11.3 Å². The first-order valence-corrected chi connectivity index (χ1v) is 8.51. The maximum absolute atomic E-state index is 12.3. The molecule has 1 fully saturated rings. The Bertz CT molecular complexity index is 758. The molecule has 0 amide bonds. The highest BCUT2D eigenvalue weighted by molar-refractivity contribution is 5.46.